The molecule has 112 valence electrons. The van der Waals surface area contributed by atoms with Crippen molar-refractivity contribution in [2.24, 2.45) is 0 Å². The number of hydrogen-bond donors (Lipinski definition) is 0. The van der Waals surface area contributed by atoms with E-state index in [2.05, 4.69) is 10.2 Å². The lowest BCUT2D eigenvalue weighted by molar-refractivity contribution is 0.259. The van der Waals surface area contributed by atoms with Gasteiger partial charge in [-0.2, -0.15) is 5.10 Å². The number of nitrogens with zero attached hydrogens (tertiary/aromatic N) is 2. The highest BCUT2D eigenvalue weighted by Gasteiger charge is 2.17. The molecule has 0 unspecified atom stereocenters. The number of halogens is 3. The summed E-state index contributed by atoms with van der Waals surface area (Å²) in [5.41, 5.74) is 1.71. The molecule has 0 fully saturated rings. The van der Waals surface area contributed by atoms with Gasteiger partial charge in [0.05, 0.1) is 21.5 Å². The van der Waals surface area contributed by atoms with Gasteiger partial charge < -0.3 is 9.15 Å². The van der Waals surface area contributed by atoms with Crippen LogP contribution in [0.1, 0.15) is 17.0 Å². The zero-order chi connectivity index (χ0) is 15.2. The zero-order valence-corrected chi connectivity index (χ0v) is 14.5. The molecule has 0 amide bonds. The summed E-state index contributed by atoms with van der Waals surface area (Å²) in [6.07, 6.45) is 1.60. The Kier molecular flexibility index (Phi) is 6.35. The Morgan fingerprint density at radius 1 is 1.38 bits per heavy atom. The quantitative estimate of drug-likeness (QED) is 0.559. The van der Waals surface area contributed by atoms with E-state index in [-0.39, 0.29) is 6.61 Å². The summed E-state index contributed by atoms with van der Waals surface area (Å²) >= 11 is 17.7. The van der Waals surface area contributed by atoms with E-state index in [1.807, 2.05) is 13.0 Å². The number of aromatic nitrogens is 2. The summed E-state index contributed by atoms with van der Waals surface area (Å²) in [6.45, 7) is 2.16. The minimum Gasteiger partial charge on any atom is -0.468 e. The van der Waals surface area contributed by atoms with E-state index in [1.54, 1.807) is 12.3 Å². The van der Waals surface area contributed by atoms with E-state index in [0.29, 0.717) is 33.1 Å². The molecule has 0 aliphatic carbocycles. The van der Waals surface area contributed by atoms with Crippen molar-refractivity contribution in [1.29, 1.82) is 0 Å². The smallest absolute Gasteiger partial charge is 0.232 e. The van der Waals surface area contributed by atoms with Gasteiger partial charge in [0.1, 0.15) is 17.2 Å². The van der Waals surface area contributed by atoms with E-state index in [9.17, 15) is 0 Å². The fraction of sp³-hybridized carbons (Fsp3) is 0.385. The van der Waals surface area contributed by atoms with Crippen LogP contribution in [-0.4, -0.2) is 24.6 Å². The highest BCUT2D eigenvalue weighted by atomic mass is 35.5. The Balaban J connectivity index is 2.21. The molecule has 21 heavy (non-hydrogen) atoms. The third-order valence-corrected chi connectivity index (χ3v) is 5.32. The first kappa shape index (κ1) is 16.6. The molecule has 0 saturated heterocycles. The number of aryl methyl sites for hydroxylation is 1. The molecule has 0 aliphatic rings. The standard InChI is InChI=1S/C13H13Cl3N2O2Si/c1-8-10(5-14)12(21-7-11(15)16)13(18-17-8)20-6-9-3-2-4-19-9/h2-4,11H,5-7H2,1H3. The van der Waals surface area contributed by atoms with Crippen molar-refractivity contribution in [1.82, 2.24) is 10.2 Å². The number of furan rings is 1. The molecule has 2 rings (SSSR count). The fourth-order valence-electron chi connectivity index (χ4n) is 1.70. The van der Waals surface area contributed by atoms with E-state index in [0.717, 1.165) is 16.4 Å². The summed E-state index contributed by atoms with van der Waals surface area (Å²) < 4.78 is 10.9. The number of hydrogen-bond acceptors (Lipinski definition) is 4. The molecule has 0 N–H and O–H groups in total. The van der Waals surface area contributed by atoms with E-state index < -0.39 is 4.84 Å². The van der Waals surface area contributed by atoms with Crippen molar-refractivity contribution in [2.75, 3.05) is 0 Å². The molecule has 0 saturated carbocycles. The minimum absolute atomic E-state index is 0.287. The summed E-state index contributed by atoms with van der Waals surface area (Å²) in [4.78, 5) is -0.432. The summed E-state index contributed by atoms with van der Waals surface area (Å²) in [5.74, 6) is 1.52. The lowest BCUT2D eigenvalue weighted by Gasteiger charge is -2.13. The maximum atomic E-state index is 6.02. The van der Waals surface area contributed by atoms with Crippen LogP contribution in [0, 0.1) is 6.92 Å². The Labute approximate surface area is 140 Å². The molecule has 0 aromatic carbocycles. The molecule has 0 bridgehead atoms. The van der Waals surface area contributed by atoms with Crippen molar-refractivity contribution in [3.05, 3.63) is 35.4 Å². The summed E-state index contributed by atoms with van der Waals surface area (Å²) in [5, 5.41) is 9.12. The van der Waals surface area contributed by atoms with Gasteiger partial charge in [-0.25, -0.2) is 0 Å². The maximum Gasteiger partial charge on any atom is 0.232 e. The van der Waals surface area contributed by atoms with Crippen LogP contribution in [-0.2, 0) is 12.5 Å². The normalized spacial score (nSPS) is 11.1. The highest BCUT2D eigenvalue weighted by molar-refractivity contribution is 6.59. The lowest BCUT2D eigenvalue weighted by Crippen LogP contribution is -2.26. The van der Waals surface area contributed by atoms with Gasteiger partial charge in [0, 0.05) is 11.1 Å². The Morgan fingerprint density at radius 3 is 2.81 bits per heavy atom. The van der Waals surface area contributed by atoms with Crippen LogP contribution in [0.5, 0.6) is 5.88 Å². The first-order chi connectivity index (χ1) is 10.1. The molecule has 2 radical (unpaired) electrons. The molecule has 2 aromatic rings. The third kappa shape index (κ3) is 4.61. The van der Waals surface area contributed by atoms with Crippen LogP contribution < -0.4 is 9.92 Å². The minimum atomic E-state index is -0.432. The van der Waals surface area contributed by atoms with Crippen LogP contribution in [0.25, 0.3) is 0 Å². The second-order valence-corrected chi connectivity index (χ2v) is 7.02. The van der Waals surface area contributed by atoms with Crippen molar-refractivity contribution < 1.29 is 9.15 Å². The van der Waals surface area contributed by atoms with Crippen LogP contribution in [0.15, 0.2) is 22.8 Å². The molecular formula is C13H13Cl3N2O2Si. The Morgan fingerprint density at radius 2 is 2.19 bits per heavy atom. The zero-order valence-electron chi connectivity index (χ0n) is 11.3. The van der Waals surface area contributed by atoms with E-state index >= 15 is 0 Å². The second kappa shape index (κ2) is 8.03. The molecule has 4 nitrogen and oxygen atoms in total. The van der Waals surface area contributed by atoms with Crippen molar-refractivity contribution in [3.63, 3.8) is 0 Å². The molecular weight excluding hydrogens is 351 g/mol. The van der Waals surface area contributed by atoms with Crippen molar-refractivity contribution in [3.8, 4) is 5.88 Å². The van der Waals surface area contributed by atoms with Gasteiger partial charge in [0.25, 0.3) is 0 Å². The molecule has 2 aromatic heterocycles. The van der Waals surface area contributed by atoms with Crippen molar-refractivity contribution in [2.45, 2.75) is 30.3 Å². The Bertz CT molecular complexity index is 579. The van der Waals surface area contributed by atoms with E-state index in [4.69, 9.17) is 44.0 Å². The maximum absolute atomic E-state index is 6.02. The van der Waals surface area contributed by atoms with Gasteiger partial charge in [-0.1, -0.05) is 0 Å². The number of rotatable bonds is 7. The third-order valence-electron chi connectivity index (χ3n) is 2.74. The van der Waals surface area contributed by atoms with Crippen molar-refractivity contribution >= 4 is 49.5 Å². The SMILES string of the molecule is Cc1nnc(OCc2ccco2)c([Si]CC(Cl)Cl)c1CCl. The van der Waals surface area contributed by atoms with Gasteiger partial charge in [-0.15, -0.1) is 39.9 Å². The second-order valence-electron chi connectivity index (χ2n) is 4.22. The summed E-state index contributed by atoms with van der Waals surface area (Å²) in [6, 6.07) is 4.26. The molecule has 0 spiro atoms. The average Bonchev–Trinajstić information content (AvgIpc) is 2.97. The van der Waals surface area contributed by atoms with Gasteiger partial charge >= 0.3 is 0 Å². The molecule has 2 heterocycles. The number of ether oxygens (including phenoxy) is 1. The van der Waals surface area contributed by atoms with E-state index in [1.165, 1.54) is 0 Å². The van der Waals surface area contributed by atoms with Gasteiger partial charge in [0.2, 0.25) is 5.88 Å². The largest absolute Gasteiger partial charge is 0.468 e. The summed E-state index contributed by atoms with van der Waals surface area (Å²) in [7, 11) is 0.354. The van der Waals surface area contributed by atoms with Gasteiger partial charge in [-0.3, -0.25) is 0 Å². The first-order valence-electron chi connectivity index (χ1n) is 6.21. The fourth-order valence-corrected chi connectivity index (χ4v) is 3.72. The first-order valence-corrected chi connectivity index (χ1v) is 8.82. The average molecular weight is 364 g/mol. The van der Waals surface area contributed by atoms with Crippen LogP contribution >= 0.6 is 34.8 Å². The van der Waals surface area contributed by atoms with Crippen LogP contribution in [0.3, 0.4) is 0 Å². The Hall–Kier alpha value is -0.753. The predicted octanol–water partition coefficient (Wildman–Crippen LogP) is 3.25. The van der Waals surface area contributed by atoms with Gasteiger partial charge in [0.15, 0.2) is 0 Å². The topological polar surface area (TPSA) is 48.2 Å². The van der Waals surface area contributed by atoms with Gasteiger partial charge in [-0.05, 0) is 30.7 Å². The molecule has 0 atom stereocenters. The van der Waals surface area contributed by atoms with Crippen LogP contribution in [0.2, 0.25) is 6.04 Å². The van der Waals surface area contributed by atoms with Crippen LogP contribution in [0.4, 0.5) is 0 Å². The number of alkyl halides is 3. The predicted molar refractivity (Wildman–Crippen MR) is 85.1 cm³/mol. The highest BCUT2D eigenvalue weighted by Crippen LogP contribution is 2.15. The monoisotopic (exact) mass is 362 g/mol. The molecule has 0 aliphatic heterocycles. The molecule has 8 heteroatoms. The lowest BCUT2D eigenvalue weighted by atomic mass is 10.2.